The van der Waals surface area contributed by atoms with Crippen LogP contribution in [0.1, 0.15) is 0 Å². The summed E-state index contributed by atoms with van der Waals surface area (Å²) >= 11 is 0. The number of aliphatic carboxylic acids is 1. The predicted molar refractivity (Wildman–Crippen MR) is 156 cm³/mol. The lowest BCUT2D eigenvalue weighted by molar-refractivity contribution is -0.142. The average molecular weight is 633 g/mol. The molecule has 15 heteroatoms. The van der Waals surface area contributed by atoms with Gasteiger partial charge in [0.1, 0.15) is 6.61 Å². The molecule has 0 aromatic rings. The van der Waals surface area contributed by atoms with Crippen LogP contribution in [0.5, 0.6) is 0 Å². The van der Waals surface area contributed by atoms with Crippen LogP contribution in [0.15, 0.2) is 0 Å². The molecule has 0 rings (SSSR count). The summed E-state index contributed by atoms with van der Waals surface area (Å²) in [5, 5.41) is 8.41. The van der Waals surface area contributed by atoms with Gasteiger partial charge in [-0.3, -0.25) is 0 Å². The van der Waals surface area contributed by atoms with E-state index in [1.165, 1.54) is 0 Å². The van der Waals surface area contributed by atoms with E-state index in [0.29, 0.717) is 139 Å². The molecule has 0 radical (unpaired) electrons. The lowest BCUT2D eigenvalue weighted by Gasteiger charge is -2.16. The molecule has 0 amide bonds. The van der Waals surface area contributed by atoms with E-state index in [2.05, 4.69) is 19.6 Å². The van der Waals surface area contributed by atoms with Crippen LogP contribution in [-0.2, 0) is 61.3 Å². The number of hydrogen-bond donors (Lipinski definition) is 1. The highest BCUT2D eigenvalue weighted by Gasteiger charge is 2.13. The molecule has 0 aromatic heterocycles. The second-order valence-electron chi connectivity index (χ2n) is 9.53. The van der Waals surface area contributed by atoms with Crippen molar-refractivity contribution in [3.63, 3.8) is 0 Å². The van der Waals surface area contributed by atoms with E-state index in [1.807, 2.05) is 0 Å². The fourth-order valence-corrected chi connectivity index (χ4v) is 3.46. The molecular weight excluding hydrogens is 576 g/mol. The van der Waals surface area contributed by atoms with Gasteiger partial charge in [-0.1, -0.05) is 0 Å². The molecule has 0 aliphatic rings. The summed E-state index contributed by atoms with van der Waals surface area (Å²) in [6.45, 7) is 16.9. The first kappa shape index (κ1) is 41.2. The Labute approximate surface area is 252 Å². The van der Waals surface area contributed by atoms with Gasteiger partial charge in [0.15, 0.2) is 8.32 Å². The molecule has 0 bridgehead atoms. The quantitative estimate of drug-likeness (QED) is 0.0776. The zero-order chi connectivity index (χ0) is 30.8. The van der Waals surface area contributed by atoms with Gasteiger partial charge in [0.05, 0.1) is 145 Å². The van der Waals surface area contributed by atoms with Crippen molar-refractivity contribution in [1.82, 2.24) is 0 Å². The minimum absolute atomic E-state index is 0.243. The van der Waals surface area contributed by atoms with Crippen LogP contribution in [0.2, 0.25) is 19.6 Å². The molecule has 0 saturated carbocycles. The largest absolute Gasteiger partial charge is 0.480 e. The van der Waals surface area contributed by atoms with Gasteiger partial charge < -0.3 is 61.6 Å². The SMILES string of the molecule is C[Si](C)(C)OCCOCCOCCOCCOCCOCCOCCOCCOCCOCCOCCOCC(=O)O. The monoisotopic (exact) mass is 632 g/mol. The highest BCUT2D eigenvalue weighted by Crippen LogP contribution is 2.01. The van der Waals surface area contributed by atoms with Gasteiger partial charge in [-0.25, -0.2) is 4.79 Å². The third-order valence-corrected chi connectivity index (χ3v) is 5.78. The first-order valence-corrected chi connectivity index (χ1v) is 18.0. The number of carboxylic acid groups (broad SMARTS) is 1. The summed E-state index contributed by atoms with van der Waals surface area (Å²) in [6.07, 6.45) is 0. The van der Waals surface area contributed by atoms with Gasteiger partial charge in [0, 0.05) is 0 Å². The fraction of sp³-hybridized carbons (Fsp3) is 0.963. The van der Waals surface area contributed by atoms with E-state index >= 15 is 0 Å². The molecular formula is C27H56O14Si. The maximum Gasteiger partial charge on any atom is 0.329 e. The minimum atomic E-state index is -1.45. The molecule has 0 aliphatic heterocycles. The first-order chi connectivity index (χ1) is 20.4. The number of carboxylic acids is 1. The predicted octanol–water partition coefficient (Wildman–Crippen LogP) is 1.11. The molecule has 0 saturated heterocycles. The van der Waals surface area contributed by atoms with Crippen molar-refractivity contribution in [3.05, 3.63) is 0 Å². The molecule has 0 fully saturated rings. The summed E-state index contributed by atoms with van der Waals surface area (Å²) < 4.78 is 64.7. The summed E-state index contributed by atoms with van der Waals surface area (Å²) in [6, 6.07) is 0. The summed E-state index contributed by atoms with van der Waals surface area (Å²) in [4.78, 5) is 10.3. The maximum atomic E-state index is 10.3. The summed E-state index contributed by atoms with van der Waals surface area (Å²) in [7, 11) is -1.45. The van der Waals surface area contributed by atoms with Gasteiger partial charge in [-0.2, -0.15) is 0 Å². The Morgan fingerprint density at radius 3 is 0.762 bits per heavy atom. The molecule has 0 atom stereocenters. The number of ether oxygens (including phenoxy) is 11. The van der Waals surface area contributed by atoms with Crippen molar-refractivity contribution in [2.45, 2.75) is 19.6 Å². The Balaban J connectivity index is 3.06. The molecule has 0 aliphatic carbocycles. The number of carbonyl (C=O) groups is 1. The normalized spacial score (nSPS) is 11.9. The smallest absolute Gasteiger partial charge is 0.329 e. The van der Waals surface area contributed by atoms with Crippen molar-refractivity contribution >= 4 is 14.3 Å². The minimum Gasteiger partial charge on any atom is -0.480 e. The van der Waals surface area contributed by atoms with E-state index in [1.54, 1.807) is 0 Å². The lowest BCUT2D eigenvalue weighted by atomic mass is 10.6. The number of hydrogen-bond acceptors (Lipinski definition) is 13. The van der Waals surface area contributed by atoms with Gasteiger partial charge in [-0.15, -0.1) is 0 Å². The van der Waals surface area contributed by atoms with Crippen LogP contribution in [0, 0.1) is 0 Å². The Kier molecular flexibility index (Phi) is 32.5. The Bertz CT molecular complexity index is 553. The second-order valence-corrected chi connectivity index (χ2v) is 14.0. The molecule has 0 unspecified atom stereocenters. The lowest BCUT2D eigenvalue weighted by Crippen LogP contribution is -2.27. The molecule has 14 nitrogen and oxygen atoms in total. The molecule has 0 heterocycles. The van der Waals surface area contributed by atoms with Gasteiger partial charge in [-0.05, 0) is 19.6 Å². The van der Waals surface area contributed by atoms with Crippen molar-refractivity contribution in [3.8, 4) is 0 Å². The van der Waals surface area contributed by atoms with Gasteiger partial charge in [0.25, 0.3) is 0 Å². The fourth-order valence-electron chi connectivity index (χ4n) is 2.77. The molecule has 0 aromatic carbocycles. The van der Waals surface area contributed by atoms with Gasteiger partial charge >= 0.3 is 5.97 Å². The van der Waals surface area contributed by atoms with E-state index in [4.69, 9.17) is 61.6 Å². The van der Waals surface area contributed by atoms with Gasteiger partial charge in [0.2, 0.25) is 0 Å². The van der Waals surface area contributed by atoms with E-state index in [-0.39, 0.29) is 13.2 Å². The van der Waals surface area contributed by atoms with Crippen LogP contribution in [-0.4, -0.2) is 171 Å². The molecule has 42 heavy (non-hydrogen) atoms. The van der Waals surface area contributed by atoms with Crippen LogP contribution < -0.4 is 0 Å². The Morgan fingerprint density at radius 2 is 0.571 bits per heavy atom. The average Bonchev–Trinajstić information content (AvgIpc) is 2.94. The maximum absolute atomic E-state index is 10.3. The third kappa shape index (κ3) is 39.2. The topological polar surface area (TPSA) is 148 Å². The second kappa shape index (κ2) is 33.1. The van der Waals surface area contributed by atoms with Crippen LogP contribution in [0.4, 0.5) is 0 Å². The summed E-state index contributed by atoms with van der Waals surface area (Å²) in [5.74, 6) is -0.995. The third-order valence-electron chi connectivity index (χ3n) is 4.71. The zero-order valence-electron chi connectivity index (χ0n) is 26.0. The van der Waals surface area contributed by atoms with E-state index < -0.39 is 14.3 Å². The van der Waals surface area contributed by atoms with Crippen LogP contribution >= 0.6 is 0 Å². The first-order valence-electron chi connectivity index (χ1n) is 14.6. The van der Waals surface area contributed by atoms with Crippen molar-refractivity contribution in [2.24, 2.45) is 0 Å². The van der Waals surface area contributed by atoms with E-state index in [0.717, 1.165) is 0 Å². The summed E-state index contributed by atoms with van der Waals surface area (Å²) in [5.41, 5.74) is 0. The molecule has 1 N–H and O–H groups in total. The Hall–Kier alpha value is -0.793. The van der Waals surface area contributed by atoms with Crippen molar-refractivity contribution in [1.29, 1.82) is 0 Å². The molecule has 252 valence electrons. The van der Waals surface area contributed by atoms with Crippen molar-refractivity contribution in [2.75, 3.05) is 152 Å². The highest BCUT2D eigenvalue weighted by molar-refractivity contribution is 6.69. The van der Waals surface area contributed by atoms with E-state index in [9.17, 15) is 4.79 Å². The zero-order valence-corrected chi connectivity index (χ0v) is 27.0. The molecule has 0 spiro atoms. The highest BCUT2D eigenvalue weighted by atomic mass is 28.4. The van der Waals surface area contributed by atoms with Crippen LogP contribution in [0.3, 0.4) is 0 Å². The van der Waals surface area contributed by atoms with Crippen molar-refractivity contribution < 1.29 is 66.4 Å². The number of rotatable bonds is 36. The standard InChI is InChI=1S/C27H56O14Si/c1-42(2,3)41-25-24-39-21-20-37-17-16-35-13-12-33-9-8-31-5-4-30-6-7-32-10-11-34-14-15-36-18-19-38-22-23-40-26-27(28)29/h4-26H2,1-3H3,(H,28,29). The van der Waals surface area contributed by atoms with Crippen LogP contribution in [0.25, 0.3) is 0 Å². The Morgan fingerprint density at radius 1 is 0.381 bits per heavy atom.